The number of nitrogens with one attached hydrogen (secondary N) is 1. The van der Waals surface area contributed by atoms with E-state index in [0.29, 0.717) is 11.2 Å². The second kappa shape index (κ2) is 9.69. The van der Waals surface area contributed by atoms with E-state index in [2.05, 4.69) is 15.4 Å². The first-order valence-electron chi connectivity index (χ1n) is 10.1. The summed E-state index contributed by atoms with van der Waals surface area (Å²) >= 11 is 5.99. The Kier molecular flexibility index (Phi) is 6.51. The van der Waals surface area contributed by atoms with E-state index in [-0.39, 0.29) is 52.5 Å². The van der Waals surface area contributed by atoms with Crippen molar-refractivity contribution in [3.05, 3.63) is 102 Å². The average molecular weight is 498 g/mol. The van der Waals surface area contributed by atoms with Gasteiger partial charge in [0, 0.05) is 30.8 Å². The van der Waals surface area contributed by atoms with Crippen LogP contribution in [0, 0.1) is 20.2 Å². The van der Waals surface area contributed by atoms with Gasteiger partial charge in [0.15, 0.2) is 5.65 Å². The van der Waals surface area contributed by atoms with Crippen LogP contribution in [-0.2, 0) is 13.1 Å². The summed E-state index contributed by atoms with van der Waals surface area (Å²) in [5.41, 5.74) is 0.333. The summed E-state index contributed by atoms with van der Waals surface area (Å²) in [5, 5.41) is 28.8. The SMILES string of the molecule is O=C(NCCn1ncc2c(=O)n(Cc3ccc([N+](=O)[O-])cc3)cnc21)c1cc([N+](=O)[O-])ccc1Cl. The molecule has 0 radical (unpaired) electrons. The van der Waals surface area contributed by atoms with Gasteiger partial charge in [0.2, 0.25) is 0 Å². The fraction of sp³-hybridized carbons (Fsp3) is 0.143. The number of nitro groups is 2. The highest BCUT2D eigenvalue weighted by molar-refractivity contribution is 6.33. The molecule has 1 amide bonds. The molecule has 1 N–H and O–H groups in total. The highest BCUT2D eigenvalue weighted by atomic mass is 35.5. The Hall–Kier alpha value is -4.65. The lowest BCUT2D eigenvalue weighted by atomic mass is 10.2. The second-order valence-corrected chi connectivity index (χ2v) is 7.79. The molecular weight excluding hydrogens is 482 g/mol. The van der Waals surface area contributed by atoms with Gasteiger partial charge in [0.25, 0.3) is 22.8 Å². The zero-order valence-corrected chi connectivity index (χ0v) is 18.6. The van der Waals surface area contributed by atoms with Crippen molar-refractivity contribution in [3.8, 4) is 0 Å². The quantitative estimate of drug-likeness (QED) is 0.286. The summed E-state index contributed by atoms with van der Waals surface area (Å²) in [5.74, 6) is -0.589. The molecule has 4 rings (SSSR count). The number of nitrogens with zero attached hydrogens (tertiary/aromatic N) is 6. The number of hydrogen-bond acceptors (Lipinski definition) is 8. The number of rotatable bonds is 8. The van der Waals surface area contributed by atoms with Gasteiger partial charge >= 0.3 is 0 Å². The summed E-state index contributed by atoms with van der Waals surface area (Å²) < 4.78 is 2.81. The number of carbonyl (C=O) groups is 1. The predicted molar refractivity (Wildman–Crippen MR) is 124 cm³/mol. The Morgan fingerprint density at radius 2 is 1.74 bits per heavy atom. The van der Waals surface area contributed by atoms with Gasteiger partial charge in [0.1, 0.15) is 11.7 Å². The van der Waals surface area contributed by atoms with E-state index < -0.39 is 15.8 Å². The van der Waals surface area contributed by atoms with Crippen LogP contribution in [0.3, 0.4) is 0 Å². The van der Waals surface area contributed by atoms with Crippen LogP contribution in [0.2, 0.25) is 5.02 Å². The maximum absolute atomic E-state index is 12.8. The summed E-state index contributed by atoms with van der Waals surface area (Å²) in [6.45, 7) is 0.452. The number of hydrogen-bond donors (Lipinski definition) is 1. The third kappa shape index (κ3) is 4.99. The highest BCUT2D eigenvalue weighted by Gasteiger charge is 2.16. The number of non-ortho nitro benzene ring substituents is 2. The van der Waals surface area contributed by atoms with Crippen molar-refractivity contribution in [2.24, 2.45) is 0 Å². The fourth-order valence-electron chi connectivity index (χ4n) is 3.36. The van der Waals surface area contributed by atoms with Crippen molar-refractivity contribution < 1.29 is 14.6 Å². The highest BCUT2D eigenvalue weighted by Crippen LogP contribution is 2.22. The number of fused-ring (bicyclic) bond motifs is 1. The van der Waals surface area contributed by atoms with Gasteiger partial charge in [-0.25, -0.2) is 9.67 Å². The molecule has 0 aliphatic carbocycles. The lowest BCUT2D eigenvalue weighted by Crippen LogP contribution is -2.28. The van der Waals surface area contributed by atoms with E-state index in [1.54, 1.807) is 12.1 Å². The third-order valence-corrected chi connectivity index (χ3v) is 5.47. The second-order valence-electron chi connectivity index (χ2n) is 7.38. The monoisotopic (exact) mass is 497 g/mol. The van der Waals surface area contributed by atoms with Crippen molar-refractivity contribution in [1.29, 1.82) is 0 Å². The molecule has 0 saturated carbocycles. The maximum Gasteiger partial charge on any atom is 0.270 e. The van der Waals surface area contributed by atoms with E-state index in [0.717, 1.165) is 6.07 Å². The molecule has 14 heteroatoms. The van der Waals surface area contributed by atoms with Crippen molar-refractivity contribution in [1.82, 2.24) is 24.6 Å². The van der Waals surface area contributed by atoms with Crippen LogP contribution < -0.4 is 10.9 Å². The molecule has 0 aliphatic rings. The first kappa shape index (κ1) is 23.5. The molecule has 0 saturated heterocycles. The van der Waals surface area contributed by atoms with Crippen LogP contribution in [0.5, 0.6) is 0 Å². The normalized spacial score (nSPS) is 10.9. The maximum atomic E-state index is 12.8. The molecule has 0 bridgehead atoms. The Morgan fingerprint density at radius 1 is 1.06 bits per heavy atom. The van der Waals surface area contributed by atoms with Gasteiger partial charge in [-0.3, -0.25) is 34.4 Å². The molecule has 4 aromatic rings. The number of aromatic nitrogens is 4. The van der Waals surface area contributed by atoms with Gasteiger partial charge in [0.05, 0.1) is 39.7 Å². The number of amides is 1. The molecule has 0 atom stereocenters. The van der Waals surface area contributed by atoms with E-state index in [1.807, 2.05) is 0 Å². The summed E-state index contributed by atoms with van der Waals surface area (Å²) in [6, 6.07) is 9.42. The van der Waals surface area contributed by atoms with Crippen molar-refractivity contribution in [2.45, 2.75) is 13.1 Å². The standard InChI is InChI=1S/C21H16ClN7O6/c22-18-6-5-15(29(34)35)9-16(18)20(30)23-7-8-27-19-17(10-25-27)21(31)26(12-24-19)11-13-1-3-14(4-2-13)28(32)33/h1-6,9-10,12H,7-8,11H2,(H,23,30). The molecule has 2 aromatic carbocycles. The molecule has 2 heterocycles. The van der Waals surface area contributed by atoms with E-state index in [4.69, 9.17) is 11.6 Å². The number of carbonyl (C=O) groups excluding carboxylic acids is 1. The molecule has 2 aromatic heterocycles. The van der Waals surface area contributed by atoms with Gasteiger partial charge in [-0.05, 0) is 11.6 Å². The third-order valence-electron chi connectivity index (χ3n) is 5.14. The smallest absolute Gasteiger partial charge is 0.270 e. The van der Waals surface area contributed by atoms with Crippen LogP contribution in [0.15, 0.2) is 59.8 Å². The van der Waals surface area contributed by atoms with Gasteiger partial charge in [-0.1, -0.05) is 23.7 Å². The molecule has 0 aliphatic heterocycles. The van der Waals surface area contributed by atoms with Crippen LogP contribution in [0.25, 0.3) is 11.0 Å². The van der Waals surface area contributed by atoms with Gasteiger partial charge < -0.3 is 5.32 Å². The largest absolute Gasteiger partial charge is 0.350 e. The Labute approximate surface area is 200 Å². The zero-order valence-electron chi connectivity index (χ0n) is 17.8. The molecule has 13 nitrogen and oxygen atoms in total. The molecule has 0 unspecified atom stereocenters. The summed E-state index contributed by atoms with van der Waals surface area (Å²) in [4.78, 5) is 50.1. The lowest BCUT2D eigenvalue weighted by molar-refractivity contribution is -0.385. The van der Waals surface area contributed by atoms with Gasteiger partial charge in [-0.2, -0.15) is 5.10 Å². The van der Waals surface area contributed by atoms with Crippen LogP contribution in [-0.4, -0.2) is 41.6 Å². The van der Waals surface area contributed by atoms with Crippen molar-refractivity contribution in [3.63, 3.8) is 0 Å². The van der Waals surface area contributed by atoms with Crippen LogP contribution >= 0.6 is 11.6 Å². The molecular formula is C21H16ClN7O6. The van der Waals surface area contributed by atoms with Gasteiger partial charge in [-0.15, -0.1) is 0 Å². The first-order valence-corrected chi connectivity index (χ1v) is 10.5. The van der Waals surface area contributed by atoms with Crippen LogP contribution in [0.4, 0.5) is 11.4 Å². The Bertz CT molecular complexity index is 1510. The average Bonchev–Trinajstić information content (AvgIpc) is 3.25. The number of nitro benzene ring substituents is 2. The summed E-state index contributed by atoms with van der Waals surface area (Å²) in [6.07, 6.45) is 2.72. The number of benzene rings is 2. The predicted octanol–water partition coefficient (Wildman–Crippen LogP) is 2.54. The van der Waals surface area contributed by atoms with E-state index in [9.17, 15) is 29.8 Å². The van der Waals surface area contributed by atoms with Crippen molar-refractivity contribution >= 4 is 39.9 Å². The van der Waals surface area contributed by atoms with Crippen LogP contribution in [0.1, 0.15) is 15.9 Å². The fourth-order valence-corrected chi connectivity index (χ4v) is 3.57. The summed E-state index contributed by atoms with van der Waals surface area (Å²) in [7, 11) is 0. The van der Waals surface area contributed by atoms with E-state index >= 15 is 0 Å². The molecule has 0 fully saturated rings. The topological polar surface area (TPSA) is 168 Å². The number of halogens is 1. The molecule has 35 heavy (non-hydrogen) atoms. The minimum atomic E-state index is -0.622. The lowest BCUT2D eigenvalue weighted by Gasteiger charge is -2.08. The Balaban J connectivity index is 1.45. The zero-order chi connectivity index (χ0) is 25.1. The molecule has 0 spiro atoms. The molecule has 178 valence electrons. The van der Waals surface area contributed by atoms with E-state index in [1.165, 1.54) is 46.0 Å². The Morgan fingerprint density at radius 3 is 2.43 bits per heavy atom. The van der Waals surface area contributed by atoms with Crippen molar-refractivity contribution in [2.75, 3.05) is 6.54 Å². The first-order chi connectivity index (χ1) is 16.7. The minimum Gasteiger partial charge on any atom is -0.350 e. The minimum absolute atomic E-state index is 0.0292.